The van der Waals surface area contributed by atoms with E-state index in [0.29, 0.717) is 0 Å². The van der Waals surface area contributed by atoms with E-state index in [1.165, 1.54) is 0 Å². The molecule has 0 aliphatic rings. The number of hydrogen-bond donors (Lipinski definition) is 1. The third kappa shape index (κ3) is 121. The van der Waals surface area contributed by atoms with Crippen molar-refractivity contribution in [1.82, 2.24) is 0 Å². The Morgan fingerprint density at radius 1 is 1.67 bits per heavy atom. The van der Waals surface area contributed by atoms with Crippen LogP contribution < -0.4 is 0 Å². The smallest absolute Gasteiger partial charge is 0.300 e. The number of rotatable bonds is 0. The quantitative estimate of drug-likeness (QED) is 0.631. The fraction of sp³-hybridized carbons (Fsp3) is 0.500. The minimum Gasteiger partial charge on any atom is -0.481 e. The van der Waals surface area contributed by atoms with E-state index in [1.54, 1.807) is 0 Å². The first-order valence-corrected chi connectivity index (χ1v) is 0.928. The Morgan fingerprint density at radius 2 is 1.67 bits per heavy atom. The molecule has 0 amide bonds. The van der Waals surface area contributed by atoms with Crippen molar-refractivity contribution in [2.24, 2.45) is 0 Å². The molecule has 0 aromatic heterocycles. The zero-order valence-electron chi connectivity index (χ0n) is 3.36. The number of carbonyl (C=O) groups is 1. The van der Waals surface area contributed by atoms with Gasteiger partial charge in [-0.05, 0) is 0 Å². The number of hydrogen-bond acceptors (Lipinski definition) is 1. The molecular formula is C2H6O2PbS. The molecule has 0 unspecified atom stereocenters. The molecule has 0 aromatic rings. The first kappa shape index (κ1) is 15.9. The maximum absolute atomic E-state index is 9.00. The van der Waals surface area contributed by atoms with Crippen molar-refractivity contribution in [3.63, 3.8) is 0 Å². The average Bonchev–Trinajstić information content (AvgIpc) is 0.811. The molecule has 4 heteroatoms. The van der Waals surface area contributed by atoms with Gasteiger partial charge in [-0.25, -0.2) is 0 Å². The first-order valence-electron chi connectivity index (χ1n) is 0.928. The maximum Gasteiger partial charge on any atom is 0.300 e. The predicted octanol–water partition coefficient (Wildman–Crippen LogP) is -0.177. The maximum atomic E-state index is 9.00. The molecular weight excluding hydrogens is 295 g/mol. The zero-order valence-corrected chi connectivity index (χ0v) is 8.24. The summed E-state index contributed by atoms with van der Waals surface area (Å²) in [7, 11) is 0. The van der Waals surface area contributed by atoms with Gasteiger partial charge in [0.2, 0.25) is 0 Å². The molecule has 0 spiro atoms. The number of carboxylic acids is 1. The van der Waals surface area contributed by atoms with Gasteiger partial charge in [0.05, 0.1) is 0 Å². The van der Waals surface area contributed by atoms with Crippen molar-refractivity contribution in [3.8, 4) is 0 Å². The van der Waals surface area contributed by atoms with E-state index in [9.17, 15) is 0 Å². The normalized spacial score (nSPS) is 4.17. The molecule has 0 rings (SSSR count). The van der Waals surface area contributed by atoms with Crippen molar-refractivity contribution >= 4 is 46.8 Å². The van der Waals surface area contributed by atoms with E-state index < -0.39 is 5.97 Å². The summed E-state index contributed by atoms with van der Waals surface area (Å²) in [5.74, 6) is -0.833. The molecule has 0 aromatic carbocycles. The van der Waals surface area contributed by atoms with E-state index in [4.69, 9.17) is 9.90 Å². The third-order valence-electron chi connectivity index (χ3n) is 0. The Kier molecular flexibility index (Phi) is 24.4. The largest absolute Gasteiger partial charge is 0.481 e. The standard InChI is InChI=1S/C2H4O2.Pb.H2S/c1-2(3)4;;/h1H3,(H,3,4);;1H2. The van der Waals surface area contributed by atoms with Gasteiger partial charge in [-0.2, -0.15) is 13.5 Å². The van der Waals surface area contributed by atoms with Crippen LogP contribution in [0.3, 0.4) is 0 Å². The third-order valence-corrected chi connectivity index (χ3v) is 0. The van der Waals surface area contributed by atoms with Crippen LogP contribution in [0.25, 0.3) is 0 Å². The zero-order chi connectivity index (χ0) is 3.58. The molecule has 0 saturated carbocycles. The van der Waals surface area contributed by atoms with Gasteiger partial charge in [-0.15, -0.1) is 0 Å². The van der Waals surface area contributed by atoms with Crippen LogP contribution in [-0.2, 0) is 4.79 Å². The van der Waals surface area contributed by atoms with Crippen molar-refractivity contribution in [2.45, 2.75) is 6.92 Å². The molecule has 36 valence electrons. The van der Waals surface area contributed by atoms with Crippen LogP contribution in [-0.4, -0.2) is 38.4 Å². The Balaban J connectivity index is -0.0000000450. The molecule has 1 N–H and O–H groups in total. The molecule has 0 bridgehead atoms. The SMILES string of the molecule is CC(=O)O.S.[Pb]. The summed E-state index contributed by atoms with van der Waals surface area (Å²) in [6.45, 7) is 1.08. The molecule has 2 nitrogen and oxygen atoms in total. The Morgan fingerprint density at radius 3 is 1.67 bits per heavy atom. The van der Waals surface area contributed by atoms with Crippen LogP contribution in [0.5, 0.6) is 0 Å². The number of aliphatic carboxylic acids is 1. The summed E-state index contributed by atoms with van der Waals surface area (Å²) in [6.07, 6.45) is 0. The van der Waals surface area contributed by atoms with Gasteiger partial charge in [-0.1, -0.05) is 0 Å². The van der Waals surface area contributed by atoms with Gasteiger partial charge in [0, 0.05) is 34.2 Å². The minimum absolute atomic E-state index is 0. The van der Waals surface area contributed by atoms with E-state index in [1.807, 2.05) is 0 Å². The van der Waals surface area contributed by atoms with E-state index in [-0.39, 0.29) is 40.8 Å². The second-order valence-corrected chi connectivity index (χ2v) is 0.519. The molecule has 0 saturated heterocycles. The fourth-order valence-corrected chi connectivity index (χ4v) is 0. The average molecular weight is 301 g/mol. The summed E-state index contributed by atoms with van der Waals surface area (Å²) in [6, 6.07) is 0. The Labute approximate surface area is 63.5 Å². The molecule has 0 heterocycles. The molecule has 0 aliphatic heterocycles. The summed E-state index contributed by atoms with van der Waals surface area (Å²) in [5, 5.41) is 7.42. The van der Waals surface area contributed by atoms with E-state index >= 15 is 0 Å². The van der Waals surface area contributed by atoms with E-state index in [2.05, 4.69) is 0 Å². The van der Waals surface area contributed by atoms with Gasteiger partial charge >= 0.3 is 0 Å². The molecule has 0 atom stereocenters. The van der Waals surface area contributed by atoms with Crippen LogP contribution in [0.2, 0.25) is 0 Å². The summed E-state index contributed by atoms with van der Waals surface area (Å²) < 4.78 is 0. The van der Waals surface area contributed by atoms with Crippen molar-refractivity contribution in [1.29, 1.82) is 0 Å². The van der Waals surface area contributed by atoms with Gasteiger partial charge in [-0.3, -0.25) is 4.79 Å². The van der Waals surface area contributed by atoms with Gasteiger partial charge in [0.15, 0.2) is 0 Å². The van der Waals surface area contributed by atoms with Crippen LogP contribution in [0.1, 0.15) is 6.92 Å². The number of carboxylic acid groups (broad SMARTS) is 1. The van der Waals surface area contributed by atoms with Crippen molar-refractivity contribution in [2.75, 3.05) is 0 Å². The second kappa shape index (κ2) is 9.22. The van der Waals surface area contributed by atoms with Crippen LogP contribution >= 0.6 is 13.5 Å². The van der Waals surface area contributed by atoms with Crippen molar-refractivity contribution < 1.29 is 9.90 Å². The topological polar surface area (TPSA) is 37.3 Å². The molecule has 4 radical (unpaired) electrons. The van der Waals surface area contributed by atoms with Crippen molar-refractivity contribution in [3.05, 3.63) is 0 Å². The van der Waals surface area contributed by atoms with Gasteiger partial charge < -0.3 is 5.11 Å². The first-order chi connectivity index (χ1) is 1.73. The molecule has 6 heavy (non-hydrogen) atoms. The monoisotopic (exact) mass is 302 g/mol. The Bertz CT molecular complexity index is 34.5. The summed E-state index contributed by atoms with van der Waals surface area (Å²) in [4.78, 5) is 9.00. The summed E-state index contributed by atoms with van der Waals surface area (Å²) in [5.41, 5.74) is 0. The predicted molar refractivity (Wildman–Crippen MR) is 29.4 cm³/mol. The second-order valence-electron chi connectivity index (χ2n) is 0.519. The Hall–Kier alpha value is 0.742. The van der Waals surface area contributed by atoms with Gasteiger partial charge in [0.1, 0.15) is 0 Å². The van der Waals surface area contributed by atoms with Crippen LogP contribution in [0.15, 0.2) is 0 Å². The fourth-order valence-electron chi connectivity index (χ4n) is 0. The van der Waals surface area contributed by atoms with E-state index in [0.717, 1.165) is 6.92 Å². The molecule has 0 aliphatic carbocycles. The van der Waals surface area contributed by atoms with Crippen LogP contribution in [0, 0.1) is 0 Å². The molecule has 0 fully saturated rings. The van der Waals surface area contributed by atoms with Gasteiger partial charge in [0.25, 0.3) is 5.97 Å². The summed E-state index contributed by atoms with van der Waals surface area (Å²) >= 11 is 0. The van der Waals surface area contributed by atoms with Crippen LogP contribution in [0.4, 0.5) is 0 Å². The minimum atomic E-state index is -0.833.